The van der Waals surface area contributed by atoms with Gasteiger partial charge >= 0.3 is 11.8 Å². The summed E-state index contributed by atoms with van der Waals surface area (Å²) in [6.07, 6.45) is 0.784. The highest BCUT2D eigenvalue weighted by Crippen LogP contribution is 2.36. The number of nitrogens with zero attached hydrogens (tertiary/aromatic N) is 2. The third-order valence-electron chi connectivity index (χ3n) is 3.80. The summed E-state index contributed by atoms with van der Waals surface area (Å²) in [7, 11) is 0. The molecule has 126 valence electrons. The van der Waals surface area contributed by atoms with Gasteiger partial charge in [-0.15, -0.1) is 0 Å². The molecule has 0 bridgehead atoms. The molecule has 0 radical (unpaired) electrons. The highest BCUT2D eigenvalue weighted by molar-refractivity contribution is 7.98. The number of benzene rings is 1. The number of carbonyl (C=O) groups is 2. The molecule has 2 aromatic rings. The predicted molar refractivity (Wildman–Crippen MR) is 95.2 cm³/mol. The van der Waals surface area contributed by atoms with E-state index in [4.69, 9.17) is 0 Å². The second-order valence-electron chi connectivity index (χ2n) is 5.72. The molecular formula is C17H20N4O2S. The van der Waals surface area contributed by atoms with Crippen molar-refractivity contribution in [1.82, 2.24) is 15.1 Å². The quantitative estimate of drug-likeness (QED) is 0.835. The molecule has 1 aromatic heterocycles. The Balaban J connectivity index is 1.90. The van der Waals surface area contributed by atoms with Gasteiger partial charge in [0, 0.05) is 23.6 Å². The van der Waals surface area contributed by atoms with Gasteiger partial charge in [0.05, 0.1) is 11.4 Å². The number of fused-ring (bicyclic) bond motifs is 1. The van der Waals surface area contributed by atoms with E-state index >= 15 is 0 Å². The van der Waals surface area contributed by atoms with Gasteiger partial charge < -0.3 is 10.6 Å². The number of carbonyl (C=O) groups excluding carboxylic acids is 2. The van der Waals surface area contributed by atoms with Crippen LogP contribution in [0.5, 0.6) is 0 Å². The molecule has 0 fully saturated rings. The van der Waals surface area contributed by atoms with Gasteiger partial charge in [-0.3, -0.25) is 9.59 Å². The summed E-state index contributed by atoms with van der Waals surface area (Å²) in [5.74, 6) is 0.923. The van der Waals surface area contributed by atoms with E-state index < -0.39 is 11.8 Å². The maximum atomic E-state index is 12.2. The molecule has 7 heteroatoms. The first-order valence-electron chi connectivity index (χ1n) is 7.95. The number of hydrogen-bond acceptors (Lipinski definition) is 4. The maximum Gasteiger partial charge on any atom is 0.314 e. The standard InChI is InChI=1S/C17H20N4O2S/c1-3-8-18-16(22)17(23)19-15-13-9-24-10-14(13)20-21(15)12-6-4-11(2)5-7-12/h4-7H,3,8-10H2,1-2H3,(H,18,22)(H,19,23). The second kappa shape index (κ2) is 7.09. The number of amides is 2. The van der Waals surface area contributed by atoms with E-state index in [0.29, 0.717) is 12.4 Å². The van der Waals surface area contributed by atoms with Crippen molar-refractivity contribution in [3.05, 3.63) is 41.1 Å². The van der Waals surface area contributed by atoms with Gasteiger partial charge in [0.1, 0.15) is 5.82 Å². The molecule has 0 spiro atoms. The van der Waals surface area contributed by atoms with Crippen molar-refractivity contribution in [3.63, 3.8) is 0 Å². The first kappa shape index (κ1) is 16.6. The lowest BCUT2D eigenvalue weighted by Gasteiger charge is -2.11. The third kappa shape index (κ3) is 3.31. The van der Waals surface area contributed by atoms with Gasteiger partial charge in [-0.2, -0.15) is 16.9 Å². The first-order valence-corrected chi connectivity index (χ1v) is 9.10. The molecule has 0 aliphatic carbocycles. The average molecular weight is 344 g/mol. The lowest BCUT2D eigenvalue weighted by atomic mass is 10.2. The molecule has 0 unspecified atom stereocenters. The van der Waals surface area contributed by atoms with Crippen LogP contribution in [0.1, 0.15) is 30.2 Å². The summed E-state index contributed by atoms with van der Waals surface area (Å²) in [6.45, 7) is 4.44. The van der Waals surface area contributed by atoms with Gasteiger partial charge in [0.2, 0.25) is 0 Å². The van der Waals surface area contributed by atoms with Crippen LogP contribution < -0.4 is 10.6 Å². The molecule has 0 saturated heterocycles. The normalized spacial score (nSPS) is 12.8. The van der Waals surface area contributed by atoms with Crippen LogP contribution in [0.15, 0.2) is 24.3 Å². The first-order chi connectivity index (χ1) is 11.6. The van der Waals surface area contributed by atoms with Crippen LogP contribution in [0, 0.1) is 6.92 Å². The monoisotopic (exact) mass is 344 g/mol. The Kier molecular flexibility index (Phi) is 4.89. The van der Waals surface area contributed by atoms with Crippen molar-refractivity contribution in [2.24, 2.45) is 0 Å². The fourth-order valence-electron chi connectivity index (χ4n) is 2.50. The van der Waals surface area contributed by atoms with Crippen LogP contribution >= 0.6 is 11.8 Å². The molecular weight excluding hydrogens is 324 g/mol. The average Bonchev–Trinajstić information content (AvgIpc) is 3.16. The van der Waals surface area contributed by atoms with E-state index in [1.165, 1.54) is 0 Å². The van der Waals surface area contributed by atoms with Crippen molar-refractivity contribution in [1.29, 1.82) is 0 Å². The lowest BCUT2D eigenvalue weighted by Crippen LogP contribution is -2.36. The molecule has 1 aliphatic heterocycles. The van der Waals surface area contributed by atoms with E-state index in [1.54, 1.807) is 16.4 Å². The van der Waals surface area contributed by atoms with E-state index in [9.17, 15) is 9.59 Å². The molecule has 0 atom stereocenters. The van der Waals surface area contributed by atoms with Crippen LogP contribution in [0.2, 0.25) is 0 Å². The van der Waals surface area contributed by atoms with Gasteiger partial charge in [0.15, 0.2) is 0 Å². The fraction of sp³-hybridized carbons (Fsp3) is 0.353. The zero-order valence-corrected chi connectivity index (χ0v) is 14.6. The highest BCUT2D eigenvalue weighted by Gasteiger charge is 2.26. The van der Waals surface area contributed by atoms with Crippen molar-refractivity contribution in [3.8, 4) is 5.69 Å². The minimum absolute atomic E-state index is 0.484. The van der Waals surface area contributed by atoms with Crippen molar-refractivity contribution >= 4 is 29.4 Å². The molecule has 2 heterocycles. The Hall–Kier alpha value is -2.28. The van der Waals surface area contributed by atoms with Gasteiger partial charge in [-0.25, -0.2) is 4.68 Å². The summed E-state index contributed by atoms with van der Waals surface area (Å²) < 4.78 is 1.72. The summed E-state index contributed by atoms with van der Waals surface area (Å²) in [5, 5.41) is 9.96. The van der Waals surface area contributed by atoms with E-state index in [0.717, 1.165) is 40.4 Å². The Bertz CT molecular complexity index is 768. The minimum Gasteiger partial charge on any atom is -0.348 e. The Morgan fingerprint density at radius 1 is 1.21 bits per heavy atom. The molecule has 3 rings (SSSR count). The summed E-state index contributed by atoms with van der Waals surface area (Å²) in [5.41, 5.74) is 3.98. The SMILES string of the molecule is CCCNC(=O)C(=O)Nc1c2c(nn1-c1ccc(C)cc1)CSC2. The fourth-order valence-corrected chi connectivity index (χ4v) is 3.53. The minimum atomic E-state index is -0.656. The Morgan fingerprint density at radius 2 is 1.96 bits per heavy atom. The third-order valence-corrected chi connectivity index (χ3v) is 4.77. The maximum absolute atomic E-state index is 12.2. The summed E-state index contributed by atoms with van der Waals surface area (Å²) in [4.78, 5) is 24.0. The number of aryl methyl sites for hydroxylation is 1. The number of hydrogen-bond donors (Lipinski definition) is 2. The van der Waals surface area contributed by atoms with Gasteiger partial charge in [-0.05, 0) is 25.5 Å². The van der Waals surface area contributed by atoms with E-state index in [1.807, 2.05) is 38.1 Å². The lowest BCUT2D eigenvalue weighted by molar-refractivity contribution is -0.136. The molecule has 2 N–H and O–H groups in total. The van der Waals surface area contributed by atoms with E-state index in [2.05, 4.69) is 15.7 Å². The van der Waals surface area contributed by atoms with Crippen molar-refractivity contribution < 1.29 is 9.59 Å². The van der Waals surface area contributed by atoms with Crippen LogP contribution in [0.4, 0.5) is 5.82 Å². The molecule has 0 saturated carbocycles. The molecule has 2 amide bonds. The summed E-state index contributed by atoms with van der Waals surface area (Å²) >= 11 is 1.75. The number of anilines is 1. The van der Waals surface area contributed by atoms with Crippen molar-refractivity contribution in [2.75, 3.05) is 11.9 Å². The van der Waals surface area contributed by atoms with Crippen LogP contribution in [0.3, 0.4) is 0 Å². The number of thioether (sulfide) groups is 1. The zero-order valence-electron chi connectivity index (χ0n) is 13.8. The summed E-state index contributed by atoms with van der Waals surface area (Å²) in [6, 6.07) is 7.90. The number of rotatable bonds is 4. The molecule has 6 nitrogen and oxygen atoms in total. The predicted octanol–water partition coefficient (Wildman–Crippen LogP) is 2.39. The Labute approximate surface area is 145 Å². The molecule has 1 aliphatic rings. The van der Waals surface area contributed by atoms with Crippen molar-refractivity contribution in [2.45, 2.75) is 31.8 Å². The van der Waals surface area contributed by atoms with Crippen LogP contribution in [-0.2, 0) is 21.1 Å². The zero-order chi connectivity index (χ0) is 17.1. The Morgan fingerprint density at radius 3 is 2.67 bits per heavy atom. The van der Waals surface area contributed by atoms with Gasteiger partial charge in [-0.1, -0.05) is 24.6 Å². The number of aromatic nitrogens is 2. The topological polar surface area (TPSA) is 76.0 Å². The molecule has 1 aromatic carbocycles. The van der Waals surface area contributed by atoms with E-state index in [-0.39, 0.29) is 0 Å². The highest BCUT2D eigenvalue weighted by atomic mass is 32.2. The number of nitrogens with one attached hydrogen (secondary N) is 2. The second-order valence-corrected chi connectivity index (χ2v) is 6.71. The molecule has 24 heavy (non-hydrogen) atoms. The van der Waals surface area contributed by atoms with Crippen LogP contribution in [-0.4, -0.2) is 28.1 Å². The van der Waals surface area contributed by atoms with Crippen LogP contribution in [0.25, 0.3) is 5.69 Å². The largest absolute Gasteiger partial charge is 0.348 e. The smallest absolute Gasteiger partial charge is 0.314 e. The van der Waals surface area contributed by atoms with Gasteiger partial charge in [0.25, 0.3) is 0 Å².